The number of ether oxygens (including phenoxy) is 2. The Hall–Kier alpha value is -1.18. The Morgan fingerprint density at radius 3 is 1.91 bits per heavy atom. The highest BCUT2D eigenvalue weighted by Crippen LogP contribution is 1.71. The highest BCUT2D eigenvalue weighted by Gasteiger charge is 1.59. The molecule has 2 heteroatoms. The Kier molecular flexibility index (Phi) is 18.1. The highest BCUT2D eigenvalue weighted by molar-refractivity contribution is 4.64. The van der Waals surface area contributed by atoms with E-state index in [0.717, 1.165) is 6.61 Å². The first kappa shape index (κ1) is 12.5. The first-order chi connectivity index (χ1) is 5.33. The Morgan fingerprint density at radius 1 is 1.27 bits per heavy atom. The van der Waals surface area contributed by atoms with E-state index in [2.05, 4.69) is 17.9 Å². The van der Waals surface area contributed by atoms with E-state index in [0.29, 0.717) is 0 Å². The molecule has 11 heavy (non-hydrogen) atoms. The lowest BCUT2D eigenvalue weighted by molar-refractivity contribution is 0.269. The van der Waals surface area contributed by atoms with E-state index in [1.54, 1.807) is 6.26 Å². The third-order valence-corrected chi connectivity index (χ3v) is 0.591. The number of hydrogen-bond donors (Lipinski definition) is 0. The van der Waals surface area contributed by atoms with Crippen LogP contribution in [-0.2, 0) is 9.47 Å². The van der Waals surface area contributed by atoms with Gasteiger partial charge in [-0.2, -0.15) is 0 Å². The molecule has 0 rings (SSSR count). The normalized spacial score (nSPS) is 7.82. The van der Waals surface area contributed by atoms with Crippen molar-refractivity contribution in [2.24, 2.45) is 0 Å². The Morgan fingerprint density at radius 2 is 1.82 bits per heavy atom. The molecule has 2 nitrogen and oxygen atoms in total. The van der Waals surface area contributed by atoms with Crippen molar-refractivity contribution in [2.75, 3.05) is 6.61 Å². The van der Waals surface area contributed by atoms with E-state index in [9.17, 15) is 0 Å². The number of hydrogen-bond acceptors (Lipinski definition) is 2. The van der Waals surface area contributed by atoms with Crippen LogP contribution < -0.4 is 0 Å². The summed E-state index contributed by atoms with van der Waals surface area (Å²) in [4.78, 5) is 0. The van der Waals surface area contributed by atoms with Gasteiger partial charge < -0.3 is 9.47 Å². The third kappa shape index (κ3) is 28.1. The standard InChI is InChI=1S/C5H10O.C4H6O/c1-3-5-6-4-2;1-3-5-4-2/h3,5H,4H2,1-2H3;3-4H,1-2H2. The van der Waals surface area contributed by atoms with Gasteiger partial charge >= 0.3 is 0 Å². The molecule has 0 radical (unpaired) electrons. The molecule has 0 saturated carbocycles. The van der Waals surface area contributed by atoms with Crippen LogP contribution in [0, 0.1) is 0 Å². The van der Waals surface area contributed by atoms with Crippen LogP contribution in [0.2, 0.25) is 0 Å². The van der Waals surface area contributed by atoms with Crippen molar-refractivity contribution in [1.82, 2.24) is 0 Å². The molecule has 0 aliphatic rings. The van der Waals surface area contributed by atoms with Gasteiger partial charge in [0.1, 0.15) is 0 Å². The second-order valence-corrected chi connectivity index (χ2v) is 1.39. The van der Waals surface area contributed by atoms with E-state index in [1.165, 1.54) is 12.5 Å². The zero-order valence-corrected chi connectivity index (χ0v) is 7.25. The van der Waals surface area contributed by atoms with E-state index >= 15 is 0 Å². The molecule has 0 aliphatic carbocycles. The van der Waals surface area contributed by atoms with Crippen LogP contribution in [0.5, 0.6) is 0 Å². The maximum absolute atomic E-state index is 4.80. The van der Waals surface area contributed by atoms with E-state index in [4.69, 9.17) is 4.74 Å². The summed E-state index contributed by atoms with van der Waals surface area (Å²) in [5, 5.41) is 0. The van der Waals surface area contributed by atoms with Gasteiger partial charge in [-0.15, -0.1) is 0 Å². The second-order valence-electron chi connectivity index (χ2n) is 1.39. The van der Waals surface area contributed by atoms with Crippen LogP contribution >= 0.6 is 0 Å². The lowest BCUT2D eigenvalue weighted by Crippen LogP contribution is -1.73. The quantitative estimate of drug-likeness (QED) is 0.583. The van der Waals surface area contributed by atoms with Gasteiger partial charge in [-0.1, -0.05) is 19.2 Å². The Labute approximate surface area is 68.8 Å². The topological polar surface area (TPSA) is 18.5 Å². The molecule has 0 aromatic carbocycles. The van der Waals surface area contributed by atoms with Crippen LogP contribution in [0.25, 0.3) is 0 Å². The van der Waals surface area contributed by atoms with Gasteiger partial charge in [0, 0.05) is 0 Å². The van der Waals surface area contributed by atoms with Crippen molar-refractivity contribution in [3.05, 3.63) is 38.0 Å². The van der Waals surface area contributed by atoms with Gasteiger partial charge in [0.25, 0.3) is 0 Å². The zero-order chi connectivity index (χ0) is 8.95. The summed E-state index contributed by atoms with van der Waals surface area (Å²) in [5.41, 5.74) is 0. The fraction of sp³-hybridized carbons (Fsp3) is 0.333. The average Bonchev–Trinajstić information content (AvgIpc) is 2.04. The van der Waals surface area contributed by atoms with Gasteiger partial charge in [0.05, 0.1) is 25.4 Å². The molecule has 0 heterocycles. The lowest BCUT2D eigenvalue weighted by atomic mass is 10.7. The van der Waals surface area contributed by atoms with Gasteiger partial charge in [0.15, 0.2) is 0 Å². The van der Waals surface area contributed by atoms with E-state index in [1.807, 2.05) is 19.9 Å². The minimum Gasteiger partial charge on any atom is -0.502 e. The van der Waals surface area contributed by atoms with Crippen molar-refractivity contribution in [2.45, 2.75) is 13.8 Å². The van der Waals surface area contributed by atoms with Crippen LogP contribution in [0.15, 0.2) is 38.0 Å². The fourth-order valence-corrected chi connectivity index (χ4v) is 0.260. The summed E-state index contributed by atoms with van der Waals surface area (Å²) in [7, 11) is 0. The van der Waals surface area contributed by atoms with Crippen molar-refractivity contribution in [3.8, 4) is 0 Å². The Bertz CT molecular complexity index is 100. The molecule has 0 aliphatic heterocycles. The third-order valence-electron chi connectivity index (χ3n) is 0.591. The fourth-order valence-electron chi connectivity index (χ4n) is 0.260. The molecular weight excluding hydrogens is 140 g/mol. The molecule has 0 saturated heterocycles. The van der Waals surface area contributed by atoms with E-state index < -0.39 is 0 Å². The SMILES string of the molecule is C=COC=C.CC=COCC. The molecule has 64 valence electrons. The first-order valence-corrected chi connectivity index (χ1v) is 3.43. The summed E-state index contributed by atoms with van der Waals surface area (Å²) in [6, 6.07) is 0. The van der Waals surface area contributed by atoms with Gasteiger partial charge in [-0.3, -0.25) is 0 Å². The highest BCUT2D eigenvalue weighted by atomic mass is 16.5. The van der Waals surface area contributed by atoms with Gasteiger partial charge in [-0.25, -0.2) is 0 Å². The summed E-state index contributed by atoms with van der Waals surface area (Å²) in [5.74, 6) is 0. The predicted octanol–water partition coefficient (Wildman–Crippen LogP) is 2.85. The second kappa shape index (κ2) is 15.9. The van der Waals surface area contributed by atoms with E-state index in [-0.39, 0.29) is 0 Å². The van der Waals surface area contributed by atoms with Gasteiger partial charge in [-0.05, 0) is 13.8 Å². The van der Waals surface area contributed by atoms with Crippen molar-refractivity contribution >= 4 is 0 Å². The molecule has 0 bridgehead atoms. The molecule has 0 unspecified atom stereocenters. The van der Waals surface area contributed by atoms with Crippen molar-refractivity contribution in [3.63, 3.8) is 0 Å². The largest absolute Gasteiger partial charge is 0.502 e. The summed E-state index contributed by atoms with van der Waals surface area (Å²) in [6.45, 7) is 11.2. The lowest BCUT2D eigenvalue weighted by Gasteiger charge is -1.86. The Balaban J connectivity index is 0. The monoisotopic (exact) mass is 156 g/mol. The minimum absolute atomic E-state index is 0.768. The van der Waals surface area contributed by atoms with Crippen LogP contribution in [0.4, 0.5) is 0 Å². The number of rotatable bonds is 4. The molecule has 0 spiro atoms. The van der Waals surface area contributed by atoms with Crippen molar-refractivity contribution in [1.29, 1.82) is 0 Å². The molecule has 0 fully saturated rings. The molecule has 0 amide bonds. The summed E-state index contributed by atoms with van der Waals surface area (Å²) in [6.07, 6.45) is 6.17. The summed E-state index contributed by atoms with van der Waals surface area (Å²) < 4.78 is 9.16. The zero-order valence-electron chi connectivity index (χ0n) is 7.25. The number of allylic oxidation sites excluding steroid dienone is 1. The minimum atomic E-state index is 0.768. The summed E-state index contributed by atoms with van der Waals surface area (Å²) >= 11 is 0. The van der Waals surface area contributed by atoms with Crippen LogP contribution in [0.1, 0.15) is 13.8 Å². The predicted molar refractivity (Wildman–Crippen MR) is 47.9 cm³/mol. The first-order valence-electron chi connectivity index (χ1n) is 3.43. The molecule has 0 atom stereocenters. The molecule has 0 aromatic rings. The van der Waals surface area contributed by atoms with Crippen LogP contribution in [0.3, 0.4) is 0 Å². The van der Waals surface area contributed by atoms with Crippen LogP contribution in [-0.4, -0.2) is 6.61 Å². The maximum Gasteiger partial charge on any atom is 0.0845 e. The molecular formula is C9H16O2. The van der Waals surface area contributed by atoms with Crippen molar-refractivity contribution < 1.29 is 9.47 Å². The molecule has 0 N–H and O–H groups in total. The average molecular weight is 156 g/mol. The maximum atomic E-state index is 4.80. The smallest absolute Gasteiger partial charge is 0.0845 e. The molecule has 0 aromatic heterocycles. The van der Waals surface area contributed by atoms with Gasteiger partial charge in [0.2, 0.25) is 0 Å².